The molecule has 3 aliphatic carbocycles. The van der Waals surface area contributed by atoms with Crippen LogP contribution in [0.15, 0.2) is 18.5 Å². The lowest BCUT2D eigenvalue weighted by atomic mass is 9.76. The molecule has 0 spiro atoms. The number of fused-ring (bicyclic) bond motifs is 9. The molecule has 3 saturated carbocycles. The molecule has 5 aliphatic rings. The molecule has 166 valence electrons. The first-order valence-electron chi connectivity index (χ1n) is 12.3. The Morgan fingerprint density at radius 1 is 0.806 bits per heavy atom. The number of carbonyl (C=O) groups excluding carboxylic acids is 2. The van der Waals surface area contributed by atoms with E-state index in [1.54, 1.807) is 17.3 Å². The second kappa shape index (κ2) is 7.84. The first kappa shape index (κ1) is 19.6. The van der Waals surface area contributed by atoms with Gasteiger partial charge in [0.05, 0.1) is 0 Å². The molecule has 2 aliphatic heterocycles. The average Bonchev–Trinajstić information content (AvgIpc) is 3.51. The maximum atomic E-state index is 13.2. The van der Waals surface area contributed by atoms with Gasteiger partial charge in [0, 0.05) is 57.0 Å². The monoisotopic (exact) mass is 423 g/mol. The number of imide groups is 1. The lowest BCUT2D eigenvalue weighted by molar-refractivity contribution is -0.154. The van der Waals surface area contributed by atoms with Crippen LogP contribution in [0.1, 0.15) is 38.5 Å². The number of piperidine rings is 1. The van der Waals surface area contributed by atoms with Gasteiger partial charge in [0.1, 0.15) is 0 Å². The van der Waals surface area contributed by atoms with Crippen LogP contribution < -0.4 is 4.90 Å². The minimum absolute atomic E-state index is 0.149. The summed E-state index contributed by atoms with van der Waals surface area (Å²) in [5.41, 5.74) is 0. The third-order valence-electron chi connectivity index (χ3n) is 8.96. The summed E-state index contributed by atoms with van der Waals surface area (Å²) in [6, 6.07) is 1.85. The molecular weight excluding hydrogens is 390 g/mol. The minimum atomic E-state index is 0.149. The van der Waals surface area contributed by atoms with Crippen molar-refractivity contribution in [2.75, 3.05) is 44.2 Å². The Bertz CT molecular complexity index is 806. The average molecular weight is 424 g/mol. The number of rotatable bonds is 6. The fourth-order valence-corrected chi connectivity index (χ4v) is 7.65. The number of unbranched alkanes of at least 4 members (excludes halogenated alkanes) is 1. The van der Waals surface area contributed by atoms with Crippen molar-refractivity contribution in [1.29, 1.82) is 0 Å². The van der Waals surface area contributed by atoms with Crippen LogP contribution in [0.5, 0.6) is 0 Å². The van der Waals surface area contributed by atoms with E-state index in [0.717, 1.165) is 69.8 Å². The maximum absolute atomic E-state index is 13.2. The Morgan fingerprint density at radius 2 is 1.42 bits per heavy atom. The lowest BCUT2D eigenvalue weighted by Gasteiger charge is -2.35. The van der Waals surface area contributed by atoms with Crippen LogP contribution >= 0.6 is 0 Å². The maximum Gasteiger partial charge on any atom is 0.232 e. The van der Waals surface area contributed by atoms with E-state index in [9.17, 15) is 9.59 Å². The highest BCUT2D eigenvalue weighted by Gasteiger charge is 2.64. The Labute approximate surface area is 184 Å². The second-order valence-corrected chi connectivity index (χ2v) is 10.3. The first-order valence-corrected chi connectivity index (χ1v) is 12.3. The van der Waals surface area contributed by atoms with Gasteiger partial charge in [0.25, 0.3) is 0 Å². The van der Waals surface area contributed by atoms with E-state index in [0.29, 0.717) is 18.4 Å². The number of nitrogens with zero attached hydrogens (tertiary/aromatic N) is 5. The molecule has 6 atom stereocenters. The van der Waals surface area contributed by atoms with Gasteiger partial charge in [-0.2, -0.15) is 0 Å². The normalized spacial score (nSPS) is 37.0. The standard InChI is InChI=1S/C24H33N5O2/c30-22-18-15-19(21-17-5-4-16(14-17)20(18)21)23(31)29(22)9-2-1-8-27-10-12-28(13-11-27)24-25-6-3-7-26-24/h3,6-7,16-21H,1-2,4-5,8-15H2. The molecule has 0 radical (unpaired) electrons. The Hall–Kier alpha value is -2.02. The summed E-state index contributed by atoms with van der Waals surface area (Å²) in [6.45, 7) is 5.56. The van der Waals surface area contributed by atoms with Crippen LogP contribution in [0.25, 0.3) is 0 Å². The highest BCUT2D eigenvalue weighted by atomic mass is 16.2. The van der Waals surface area contributed by atoms with Gasteiger partial charge >= 0.3 is 0 Å². The number of amides is 2. The van der Waals surface area contributed by atoms with Gasteiger partial charge < -0.3 is 4.90 Å². The second-order valence-electron chi connectivity index (χ2n) is 10.3. The van der Waals surface area contributed by atoms with Crippen molar-refractivity contribution in [2.45, 2.75) is 38.5 Å². The highest BCUT2D eigenvalue weighted by Crippen LogP contribution is 2.64. The molecule has 2 saturated heterocycles. The number of piperazine rings is 1. The number of anilines is 1. The fraction of sp³-hybridized carbons (Fsp3) is 0.750. The summed E-state index contributed by atoms with van der Waals surface area (Å²) in [5.74, 6) is 3.94. The molecule has 2 amide bonds. The zero-order valence-electron chi connectivity index (χ0n) is 18.2. The molecule has 7 nitrogen and oxygen atoms in total. The molecule has 1 aromatic heterocycles. The predicted molar refractivity (Wildman–Crippen MR) is 116 cm³/mol. The number of carbonyl (C=O) groups is 2. The minimum Gasteiger partial charge on any atom is -0.338 e. The molecule has 3 heterocycles. The fourth-order valence-electron chi connectivity index (χ4n) is 7.65. The van der Waals surface area contributed by atoms with Crippen molar-refractivity contribution in [3.8, 4) is 0 Å². The predicted octanol–water partition coefficient (Wildman–Crippen LogP) is 2.05. The highest BCUT2D eigenvalue weighted by molar-refractivity contribution is 6.01. The van der Waals surface area contributed by atoms with Crippen molar-refractivity contribution < 1.29 is 9.59 Å². The molecule has 0 aromatic carbocycles. The van der Waals surface area contributed by atoms with E-state index >= 15 is 0 Å². The number of hydrogen-bond donors (Lipinski definition) is 0. The summed E-state index contributed by atoms with van der Waals surface area (Å²) in [4.78, 5) is 41.4. The van der Waals surface area contributed by atoms with Gasteiger partial charge in [-0.3, -0.25) is 19.4 Å². The van der Waals surface area contributed by atoms with Crippen LogP contribution in [0.3, 0.4) is 0 Å². The molecule has 6 rings (SSSR count). The topological polar surface area (TPSA) is 69.6 Å². The van der Waals surface area contributed by atoms with E-state index in [1.807, 2.05) is 6.07 Å². The van der Waals surface area contributed by atoms with E-state index in [4.69, 9.17) is 0 Å². The number of hydrogen-bond acceptors (Lipinski definition) is 6. The zero-order chi connectivity index (χ0) is 20.9. The van der Waals surface area contributed by atoms with Crippen molar-refractivity contribution in [2.24, 2.45) is 35.5 Å². The van der Waals surface area contributed by atoms with Crippen LogP contribution in [-0.4, -0.2) is 70.9 Å². The van der Waals surface area contributed by atoms with E-state index in [2.05, 4.69) is 19.8 Å². The van der Waals surface area contributed by atoms with Gasteiger partial charge in [-0.1, -0.05) is 0 Å². The van der Waals surface area contributed by atoms with Crippen molar-refractivity contribution in [3.05, 3.63) is 18.5 Å². The Kier molecular flexibility index (Phi) is 4.97. The molecule has 5 fully saturated rings. The van der Waals surface area contributed by atoms with Gasteiger partial charge in [-0.05, 0) is 74.8 Å². The third kappa shape index (κ3) is 3.27. The molecule has 31 heavy (non-hydrogen) atoms. The van der Waals surface area contributed by atoms with Crippen molar-refractivity contribution in [1.82, 2.24) is 19.8 Å². The van der Waals surface area contributed by atoms with Crippen molar-refractivity contribution in [3.63, 3.8) is 0 Å². The molecule has 0 N–H and O–H groups in total. The SMILES string of the molecule is O=C1C2CC(C(=O)N1CCCCN1CCN(c3ncccn3)CC1)C1C3CCC(C3)C21. The third-order valence-corrected chi connectivity index (χ3v) is 8.96. The quantitative estimate of drug-likeness (QED) is 0.396. The summed E-state index contributed by atoms with van der Waals surface area (Å²) < 4.78 is 0. The summed E-state index contributed by atoms with van der Waals surface area (Å²) >= 11 is 0. The van der Waals surface area contributed by atoms with Gasteiger partial charge in [-0.15, -0.1) is 0 Å². The Morgan fingerprint density at radius 3 is 2.06 bits per heavy atom. The summed E-state index contributed by atoms with van der Waals surface area (Å²) in [6.07, 6.45) is 10.3. The van der Waals surface area contributed by atoms with Gasteiger partial charge in [0.2, 0.25) is 17.8 Å². The smallest absolute Gasteiger partial charge is 0.232 e. The van der Waals surface area contributed by atoms with Crippen molar-refractivity contribution >= 4 is 17.8 Å². The van der Waals surface area contributed by atoms with Gasteiger partial charge in [-0.25, -0.2) is 9.97 Å². The molecule has 4 bridgehead atoms. The molecular formula is C24H33N5O2. The van der Waals surface area contributed by atoms with Gasteiger partial charge in [0.15, 0.2) is 0 Å². The van der Waals surface area contributed by atoms with Crippen LogP contribution in [0.4, 0.5) is 5.95 Å². The lowest BCUT2D eigenvalue weighted by Crippen LogP contribution is -2.48. The summed E-state index contributed by atoms with van der Waals surface area (Å²) in [5, 5.41) is 0. The zero-order valence-corrected chi connectivity index (χ0v) is 18.2. The number of aromatic nitrogens is 2. The largest absolute Gasteiger partial charge is 0.338 e. The van der Waals surface area contributed by atoms with E-state index in [1.165, 1.54) is 19.3 Å². The van der Waals surface area contributed by atoms with Crippen LogP contribution in [0.2, 0.25) is 0 Å². The number of likely N-dealkylation sites (tertiary alicyclic amines) is 1. The summed E-state index contributed by atoms with van der Waals surface area (Å²) in [7, 11) is 0. The first-order chi connectivity index (χ1) is 15.2. The van der Waals surface area contributed by atoms with E-state index in [-0.39, 0.29) is 23.7 Å². The van der Waals surface area contributed by atoms with Crippen LogP contribution in [-0.2, 0) is 9.59 Å². The molecule has 1 aromatic rings. The van der Waals surface area contributed by atoms with E-state index < -0.39 is 0 Å². The Balaban J connectivity index is 0.981. The van der Waals surface area contributed by atoms with Crippen LogP contribution in [0, 0.1) is 35.5 Å². The molecule has 7 heteroatoms. The molecule has 6 unspecified atom stereocenters.